The minimum absolute atomic E-state index is 0.00189. The summed E-state index contributed by atoms with van der Waals surface area (Å²) in [5, 5.41) is 46.4. The molecule has 0 aliphatic rings. The van der Waals surface area contributed by atoms with Crippen LogP contribution in [0, 0.1) is 10.8 Å². The summed E-state index contributed by atoms with van der Waals surface area (Å²) in [4.78, 5) is 36.6. The van der Waals surface area contributed by atoms with Crippen molar-refractivity contribution in [3.8, 4) is 0 Å². The van der Waals surface area contributed by atoms with Gasteiger partial charge < -0.3 is 58.5 Å². The fourth-order valence-corrected chi connectivity index (χ4v) is 8.09. The Morgan fingerprint density at radius 2 is 0.833 bits per heavy atom. The Labute approximate surface area is 242 Å². The Balaban J connectivity index is 0. The maximum atomic E-state index is 12.0. The average molecular weight is 692 g/mol. The van der Waals surface area contributed by atoms with E-state index >= 15 is 0 Å². The third-order valence-corrected chi connectivity index (χ3v) is 11.8. The molecule has 0 fully saturated rings. The van der Waals surface area contributed by atoms with Crippen molar-refractivity contribution >= 4 is 52.2 Å². The quantitative estimate of drug-likeness (QED) is 0.0489. The molecular weight excluding hydrogens is 652 g/mol. The zero-order chi connectivity index (χ0) is 33.8. The van der Waals surface area contributed by atoms with Gasteiger partial charge >= 0.3 is 30.4 Å². The molecule has 0 aromatic carbocycles. The standard InChI is InChI=1S/2C9H20N2O8P2/c1-8(2,6(10-12)20(14,15)16)5-9(3,4)7(11-13)21(17,18)19;1-16-20(14,17-2)8(10-12)6-5-7-9(11-13)21(15,18-3)19-4/h12-13H,5H2,1-4H3,(H2,14,15,16)(H2,17,18,19);12-13H,5-7H2,1-4H3. The van der Waals surface area contributed by atoms with Gasteiger partial charge in [0.25, 0.3) is 0 Å². The highest BCUT2D eigenvalue weighted by atomic mass is 31.2. The molecule has 0 radical (unpaired) electrons. The highest BCUT2D eigenvalue weighted by molar-refractivity contribution is 7.72. The molecule has 0 heterocycles. The van der Waals surface area contributed by atoms with E-state index in [0.717, 1.165) is 28.4 Å². The molecule has 24 heteroatoms. The van der Waals surface area contributed by atoms with Gasteiger partial charge in [0.05, 0.1) is 0 Å². The van der Waals surface area contributed by atoms with Crippen LogP contribution in [-0.4, -0.2) is 90.7 Å². The maximum Gasteiger partial charge on any atom is 0.378 e. The molecule has 0 rings (SSSR count). The van der Waals surface area contributed by atoms with E-state index < -0.39 is 52.1 Å². The van der Waals surface area contributed by atoms with Crippen molar-refractivity contribution in [2.75, 3.05) is 28.4 Å². The average Bonchev–Trinajstić information content (AvgIpc) is 2.86. The fourth-order valence-electron chi connectivity index (χ4n) is 3.90. The zero-order valence-electron chi connectivity index (χ0n) is 24.2. The molecule has 0 saturated carbocycles. The van der Waals surface area contributed by atoms with Crippen molar-refractivity contribution < 1.29 is 76.8 Å². The van der Waals surface area contributed by atoms with Gasteiger partial charge in [0, 0.05) is 52.1 Å². The second-order valence-electron chi connectivity index (χ2n) is 9.49. The number of rotatable bonds is 16. The lowest BCUT2D eigenvalue weighted by Crippen LogP contribution is -2.35. The van der Waals surface area contributed by atoms with Gasteiger partial charge in [-0.3, -0.25) is 18.3 Å². The Kier molecular flexibility index (Phi) is 17.3. The van der Waals surface area contributed by atoms with Gasteiger partial charge in [-0.05, 0) is 12.8 Å². The molecular formula is C18H40N4O16P4. The van der Waals surface area contributed by atoms with Gasteiger partial charge in [-0.2, -0.15) is 0 Å². The first-order valence-corrected chi connectivity index (χ1v) is 17.7. The molecule has 0 unspecified atom stereocenters. The second-order valence-corrected chi connectivity index (χ2v) is 17.0. The first kappa shape index (κ1) is 42.6. The molecule has 0 aliphatic heterocycles. The third-order valence-electron chi connectivity index (χ3n) is 5.46. The Morgan fingerprint density at radius 3 is 1.00 bits per heavy atom. The van der Waals surface area contributed by atoms with E-state index in [1.165, 1.54) is 27.7 Å². The van der Waals surface area contributed by atoms with Gasteiger partial charge in [-0.1, -0.05) is 48.3 Å². The van der Waals surface area contributed by atoms with Crippen LogP contribution in [0.5, 0.6) is 0 Å². The summed E-state index contributed by atoms with van der Waals surface area (Å²) >= 11 is 0. The number of hydrogen-bond acceptors (Lipinski definition) is 16. The Hall–Kier alpha value is -1.52. The molecule has 8 N–H and O–H groups in total. The van der Waals surface area contributed by atoms with Crippen LogP contribution in [0.25, 0.3) is 0 Å². The van der Waals surface area contributed by atoms with E-state index in [2.05, 4.69) is 20.6 Å². The van der Waals surface area contributed by atoms with E-state index in [0.29, 0.717) is 0 Å². The molecule has 20 nitrogen and oxygen atoms in total. The van der Waals surface area contributed by atoms with Gasteiger partial charge in [0.1, 0.15) is 0 Å². The summed E-state index contributed by atoms with van der Waals surface area (Å²) < 4.78 is 65.4. The van der Waals surface area contributed by atoms with Gasteiger partial charge in [0.15, 0.2) is 21.8 Å². The zero-order valence-corrected chi connectivity index (χ0v) is 27.8. The second kappa shape index (κ2) is 17.1. The predicted molar refractivity (Wildman–Crippen MR) is 150 cm³/mol. The van der Waals surface area contributed by atoms with E-state index in [4.69, 9.17) is 58.5 Å². The number of oxime groups is 4. The molecule has 0 atom stereocenters. The summed E-state index contributed by atoms with van der Waals surface area (Å²) in [6, 6.07) is 0. The van der Waals surface area contributed by atoms with Crippen molar-refractivity contribution in [2.45, 2.75) is 53.4 Å². The largest absolute Gasteiger partial charge is 0.410 e. The van der Waals surface area contributed by atoms with Crippen LogP contribution in [0.4, 0.5) is 0 Å². The highest BCUT2D eigenvalue weighted by Gasteiger charge is 2.47. The molecule has 0 amide bonds. The van der Waals surface area contributed by atoms with Gasteiger partial charge in [-0.15, -0.1) is 0 Å². The maximum absolute atomic E-state index is 12.0. The van der Waals surface area contributed by atoms with Crippen LogP contribution in [-0.2, 0) is 36.4 Å². The van der Waals surface area contributed by atoms with E-state index in [1.807, 2.05) is 0 Å². The van der Waals surface area contributed by atoms with Crippen LogP contribution >= 0.6 is 30.4 Å². The molecule has 0 spiro atoms. The van der Waals surface area contributed by atoms with Crippen LogP contribution < -0.4 is 0 Å². The third kappa shape index (κ3) is 12.2. The van der Waals surface area contributed by atoms with Gasteiger partial charge in [0.2, 0.25) is 0 Å². The number of nitrogens with zero attached hydrogens (tertiary/aromatic N) is 4. The van der Waals surface area contributed by atoms with Crippen LogP contribution in [0.15, 0.2) is 20.6 Å². The van der Waals surface area contributed by atoms with E-state index in [1.54, 1.807) is 0 Å². The van der Waals surface area contributed by atoms with E-state index in [-0.39, 0.29) is 36.6 Å². The SMILES string of the molecule is CC(C)(CC(C)(C)C(=NO)P(=O)(O)O)C(=NO)P(=O)(O)O.COP(=O)(OC)C(CCCC(=NO)P(=O)(OC)OC)=NO. The van der Waals surface area contributed by atoms with Crippen LogP contribution in [0.1, 0.15) is 53.4 Å². The lowest BCUT2D eigenvalue weighted by Gasteiger charge is -2.35. The highest BCUT2D eigenvalue weighted by Crippen LogP contribution is 2.54. The predicted octanol–water partition coefficient (Wildman–Crippen LogP) is 4.06. The van der Waals surface area contributed by atoms with Crippen molar-refractivity contribution in [1.29, 1.82) is 0 Å². The molecule has 0 aromatic rings. The lowest BCUT2D eigenvalue weighted by atomic mass is 9.76. The molecule has 0 bridgehead atoms. The topological polar surface area (TPSA) is 316 Å². The Morgan fingerprint density at radius 1 is 0.571 bits per heavy atom. The van der Waals surface area contributed by atoms with Crippen LogP contribution in [0.2, 0.25) is 0 Å². The van der Waals surface area contributed by atoms with Crippen molar-refractivity contribution in [2.24, 2.45) is 31.5 Å². The van der Waals surface area contributed by atoms with Crippen LogP contribution in [0.3, 0.4) is 0 Å². The smallest absolute Gasteiger partial charge is 0.378 e. The van der Waals surface area contributed by atoms with E-state index in [9.17, 15) is 18.3 Å². The van der Waals surface area contributed by atoms with Gasteiger partial charge in [-0.25, -0.2) is 0 Å². The summed E-state index contributed by atoms with van der Waals surface area (Å²) in [6.45, 7) is 5.32. The normalized spacial score (nSPS) is 15.3. The lowest BCUT2D eigenvalue weighted by molar-refractivity contribution is 0.274. The molecule has 0 aromatic heterocycles. The molecule has 0 aliphatic carbocycles. The first-order valence-electron chi connectivity index (χ1n) is 11.4. The summed E-state index contributed by atoms with van der Waals surface area (Å²) in [6.07, 6.45) is -0.0645. The molecule has 248 valence electrons. The first-order chi connectivity index (χ1) is 19.0. The molecule has 42 heavy (non-hydrogen) atoms. The van der Waals surface area contributed by atoms with Crippen molar-refractivity contribution in [3.05, 3.63) is 0 Å². The summed E-state index contributed by atoms with van der Waals surface area (Å²) in [5.74, 6) is 0. The Bertz CT molecular complexity index is 1100. The summed E-state index contributed by atoms with van der Waals surface area (Å²) in [7, 11) is -12.4. The fraction of sp³-hybridized carbons (Fsp3) is 0.778. The monoisotopic (exact) mass is 692 g/mol. The minimum Gasteiger partial charge on any atom is -0.410 e. The minimum atomic E-state index is -4.86. The summed E-state index contributed by atoms with van der Waals surface area (Å²) in [5.41, 5.74) is -4.88. The number of hydrogen-bond donors (Lipinski definition) is 8. The van der Waals surface area contributed by atoms with Crippen molar-refractivity contribution in [1.82, 2.24) is 0 Å². The molecule has 0 saturated heterocycles. The van der Waals surface area contributed by atoms with Crippen molar-refractivity contribution in [3.63, 3.8) is 0 Å².